The van der Waals surface area contributed by atoms with Gasteiger partial charge in [-0.05, 0) is 12.3 Å². The zero-order chi connectivity index (χ0) is 11.8. The molecule has 0 aliphatic carbocycles. The van der Waals surface area contributed by atoms with Crippen molar-refractivity contribution in [2.45, 2.75) is 38.0 Å². The van der Waals surface area contributed by atoms with Crippen molar-refractivity contribution in [1.29, 1.82) is 0 Å². The Balaban J connectivity index is 1.86. The van der Waals surface area contributed by atoms with Crippen LogP contribution < -0.4 is 5.32 Å². The number of hydrogen-bond donors (Lipinski definition) is 1. The largest absolute Gasteiger partial charge is 0.337 e. The molecule has 4 heteroatoms. The molecule has 2 saturated heterocycles. The third-order valence-corrected chi connectivity index (χ3v) is 4.65. The van der Waals surface area contributed by atoms with Gasteiger partial charge in [-0.3, -0.25) is 4.79 Å². The van der Waals surface area contributed by atoms with Crippen LogP contribution >= 0.6 is 11.8 Å². The minimum Gasteiger partial charge on any atom is -0.337 e. The van der Waals surface area contributed by atoms with E-state index in [4.69, 9.17) is 0 Å². The van der Waals surface area contributed by atoms with Crippen LogP contribution in [-0.4, -0.2) is 47.0 Å². The lowest BCUT2D eigenvalue weighted by Crippen LogP contribution is -2.40. The lowest BCUT2D eigenvalue weighted by molar-refractivity contribution is -0.129. The average molecular weight is 242 g/mol. The van der Waals surface area contributed by atoms with Crippen molar-refractivity contribution >= 4 is 17.7 Å². The van der Waals surface area contributed by atoms with Gasteiger partial charge >= 0.3 is 0 Å². The van der Waals surface area contributed by atoms with Crippen LogP contribution in [0, 0.1) is 5.92 Å². The first-order chi connectivity index (χ1) is 7.47. The first-order valence-electron chi connectivity index (χ1n) is 6.11. The van der Waals surface area contributed by atoms with E-state index in [0.717, 1.165) is 19.6 Å². The number of nitrogens with one attached hydrogen (secondary N) is 1. The highest BCUT2D eigenvalue weighted by Crippen LogP contribution is 2.29. The van der Waals surface area contributed by atoms with Gasteiger partial charge in [0.15, 0.2) is 0 Å². The second kappa shape index (κ2) is 4.57. The summed E-state index contributed by atoms with van der Waals surface area (Å²) in [4.78, 5) is 14.2. The van der Waals surface area contributed by atoms with E-state index < -0.39 is 0 Å². The van der Waals surface area contributed by atoms with Crippen LogP contribution in [0.15, 0.2) is 0 Å². The van der Waals surface area contributed by atoms with Crippen LogP contribution in [-0.2, 0) is 4.79 Å². The van der Waals surface area contributed by atoms with E-state index in [0.29, 0.717) is 23.6 Å². The molecule has 0 radical (unpaired) electrons. The second-order valence-electron chi connectivity index (χ2n) is 5.76. The Kier molecular flexibility index (Phi) is 3.50. The van der Waals surface area contributed by atoms with E-state index in [1.165, 1.54) is 6.42 Å². The van der Waals surface area contributed by atoms with Crippen LogP contribution in [0.2, 0.25) is 0 Å². The van der Waals surface area contributed by atoms with Crippen LogP contribution in [0.3, 0.4) is 0 Å². The lowest BCUT2D eigenvalue weighted by Gasteiger charge is -2.25. The smallest absolute Gasteiger partial charge is 0.232 e. The molecule has 2 fully saturated rings. The molecule has 16 heavy (non-hydrogen) atoms. The van der Waals surface area contributed by atoms with Gasteiger partial charge in [0.25, 0.3) is 0 Å². The maximum atomic E-state index is 12.1. The molecule has 0 aromatic rings. The average Bonchev–Trinajstić information content (AvgIpc) is 2.73. The zero-order valence-electron chi connectivity index (χ0n) is 10.5. The van der Waals surface area contributed by atoms with Gasteiger partial charge in [0.05, 0.1) is 5.75 Å². The van der Waals surface area contributed by atoms with Crippen LogP contribution in [0.4, 0.5) is 0 Å². The van der Waals surface area contributed by atoms with E-state index in [2.05, 4.69) is 31.0 Å². The molecule has 2 aliphatic rings. The third-order valence-electron chi connectivity index (χ3n) is 3.39. The Morgan fingerprint density at radius 2 is 2.19 bits per heavy atom. The van der Waals surface area contributed by atoms with Crippen molar-refractivity contribution < 1.29 is 4.79 Å². The van der Waals surface area contributed by atoms with E-state index in [1.807, 2.05) is 0 Å². The number of rotatable bonds is 2. The Bertz CT molecular complexity index is 275. The number of likely N-dealkylation sites (tertiary alicyclic amines) is 1. The molecule has 0 saturated carbocycles. The molecule has 2 rings (SSSR count). The van der Waals surface area contributed by atoms with Crippen molar-refractivity contribution in [1.82, 2.24) is 10.2 Å². The summed E-state index contributed by atoms with van der Waals surface area (Å²) in [6.45, 7) is 9.55. The van der Waals surface area contributed by atoms with Crippen molar-refractivity contribution in [3.05, 3.63) is 0 Å². The van der Waals surface area contributed by atoms with Gasteiger partial charge in [-0.2, -0.15) is 0 Å². The summed E-state index contributed by atoms with van der Waals surface area (Å²) < 4.78 is 0.183. The predicted molar refractivity (Wildman–Crippen MR) is 68.7 cm³/mol. The first kappa shape index (κ1) is 12.2. The quantitative estimate of drug-likeness (QED) is 0.793. The fourth-order valence-electron chi connectivity index (χ4n) is 2.52. The Morgan fingerprint density at radius 3 is 2.88 bits per heavy atom. The first-order valence-corrected chi connectivity index (χ1v) is 7.10. The SMILES string of the molecule is CC(C)(C)SCC(=O)N1CCC2CNCC21. The van der Waals surface area contributed by atoms with Crippen molar-refractivity contribution in [2.24, 2.45) is 5.92 Å². The second-order valence-corrected chi connectivity index (χ2v) is 7.56. The highest BCUT2D eigenvalue weighted by Gasteiger charge is 2.39. The maximum absolute atomic E-state index is 12.1. The molecule has 1 amide bonds. The summed E-state index contributed by atoms with van der Waals surface area (Å²) in [6.07, 6.45) is 1.18. The lowest BCUT2D eigenvalue weighted by atomic mass is 10.1. The molecule has 2 heterocycles. The molecule has 2 unspecified atom stereocenters. The van der Waals surface area contributed by atoms with Crippen molar-refractivity contribution in [3.63, 3.8) is 0 Å². The molecule has 0 aromatic carbocycles. The Morgan fingerprint density at radius 1 is 1.44 bits per heavy atom. The molecule has 92 valence electrons. The normalized spacial score (nSPS) is 29.6. The Labute approximate surface area is 102 Å². The molecule has 2 aliphatic heterocycles. The summed E-state index contributed by atoms with van der Waals surface area (Å²) in [6, 6.07) is 0.480. The number of hydrogen-bond acceptors (Lipinski definition) is 3. The van der Waals surface area contributed by atoms with E-state index in [9.17, 15) is 4.79 Å². The number of fused-ring (bicyclic) bond motifs is 1. The highest BCUT2D eigenvalue weighted by molar-refractivity contribution is 8.01. The van der Waals surface area contributed by atoms with Gasteiger partial charge in [0, 0.05) is 30.4 Å². The van der Waals surface area contributed by atoms with Gasteiger partial charge in [-0.25, -0.2) is 0 Å². The van der Waals surface area contributed by atoms with Gasteiger partial charge in [-0.1, -0.05) is 20.8 Å². The number of nitrogens with zero attached hydrogens (tertiary/aromatic N) is 1. The molecule has 0 aromatic heterocycles. The van der Waals surface area contributed by atoms with Gasteiger partial charge in [0.1, 0.15) is 0 Å². The number of amides is 1. The molecule has 3 nitrogen and oxygen atoms in total. The predicted octanol–water partition coefficient (Wildman–Crippen LogP) is 1.34. The summed E-state index contributed by atoms with van der Waals surface area (Å²) in [5.74, 6) is 1.67. The summed E-state index contributed by atoms with van der Waals surface area (Å²) >= 11 is 1.75. The Hall–Kier alpha value is -0.220. The summed E-state index contributed by atoms with van der Waals surface area (Å²) in [5.41, 5.74) is 0. The topological polar surface area (TPSA) is 32.3 Å². The summed E-state index contributed by atoms with van der Waals surface area (Å²) in [5, 5.41) is 3.38. The number of carbonyl (C=O) groups is 1. The van der Waals surface area contributed by atoms with Crippen LogP contribution in [0.25, 0.3) is 0 Å². The molecule has 2 atom stereocenters. The van der Waals surface area contributed by atoms with E-state index in [1.54, 1.807) is 11.8 Å². The van der Waals surface area contributed by atoms with Crippen molar-refractivity contribution in [3.8, 4) is 0 Å². The van der Waals surface area contributed by atoms with Gasteiger partial charge in [0.2, 0.25) is 5.91 Å². The third kappa shape index (κ3) is 2.72. The van der Waals surface area contributed by atoms with E-state index in [-0.39, 0.29) is 4.75 Å². The van der Waals surface area contributed by atoms with Crippen LogP contribution in [0.5, 0.6) is 0 Å². The number of thioether (sulfide) groups is 1. The fourth-order valence-corrected chi connectivity index (χ4v) is 3.24. The van der Waals surface area contributed by atoms with Gasteiger partial charge in [-0.15, -0.1) is 11.8 Å². The maximum Gasteiger partial charge on any atom is 0.232 e. The monoisotopic (exact) mass is 242 g/mol. The van der Waals surface area contributed by atoms with Crippen LogP contribution in [0.1, 0.15) is 27.2 Å². The zero-order valence-corrected chi connectivity index (χ0v) is 11.3. The number of carbonyl (C=O) groups excluding carboxylic acids is 1. The molecular weight excluding hydrogens is 220 g/mol. The summed E-state index contributed by atoms with van der Waals surface area (Å²) in [7, 11) is 0. The van der Waals surface area contributed by atoms with Crippen molar-refractivity contribution in [2.75, 3.05) is 25.4 Å². The molecular formula is C12H22N2OS. The standard InChI is InChI=1S/C12H22N2OS/c1-12(2,3)16-8-11(15)14-5-4-9-6-13-7-10(9)14/h9-10,13H,4-8H2,1-3H3. The minimum atomic E-state index is 0.183. The fraction of sp³-hybridized carbons (Fsp3) is 0.917. The molecule has 0 bridgehead atoms. The van der Waals surface area contributed by atoms with Gasteiger partial charge < -0.3 is 10.2 Å². The minimum absolute atomic E-state index is 0.183. The van der Waals surface area contributed by atoms with E-state index >= 15 is 0 Å². The highest BCUT2D eigenvalue weighted by atomic mass is 32.2. The molecule has 0 spiro atoms. The molecule has 1 N–H and O–H groups in total.